The van der Waals surface area contributed by atoms with Crippen LogP contribution in [0.5, 0.6) is 0 Å². The molecule has 0 spiro atoms. The van der Waals surface area contributed by atoms with Crippen LogP contribution in [0.3, 0.4) is 0 Å². The van der Waals surface area contributed by atoms with Crippen molar-refractivity contribution >= 4 is 18.0 Å². The molecule has 0 aliphatic carbocycles. The maximum atomic E-state index is 13.1. The average Bonchev–Trinajstić information content (AvgIpc) is 2.62. The standard InChI is InChI=1S/C20H28N2O6/c1-12(11-21-19(26)28-20(2,3)4)17(23)22-15(27-5)10-13-8-6-7-9-14(13)16(22)18(24)25/h6-9,12,15-16H,10-11H2,1-5H3,(H,21,26)(H,24,25)/t12?,15-,16?/m0/s1. The first-order valence-electron chi connectivity index (χ1n) is 9.17. The summed E-state index contributed by atoms with van der Waals surface area (Å²) in [6.45, 7) is 6.88. The van der Waals surface area contributed by atoms with Crippen LogP contribution in [0.1, 0.15) is 44.9 Å². The van der Waals surface area contributed by atoms with Crippen molar-refractivity contribution in [2.24, 2.45) is 5.92 Å². The number of amides is 2. The van der Waals surface area contributed by atoms with E-state index < -0.39 is 41.8 Å². The van der Waals surface area contributed by atoms with E-state index >= 15 is 0 Å². The number of nitrogens with zero attached hydrogens (tertiary/aromatic N) is 1. The molecule has 2 rings (SSSR count). The van der Waals surface area contributed by atoms with Gasteiger partial charge in [0.25, 0.3) is 0 Å². The predicted molar refractivity (Wildman–Crippen MR) is 102 cm³/mol. The highest BCUT2D eigenvalue weighted by atomic mass is 16.6. The quantitative estimate of drug-likeness (QED) is 0.797. The molecule has 8 nitrogen and oxygen atoms in total. The van der Waals surface area contributed by atoms with Crippen LogP contribution in [0.2, 0.25) is 0 Å². The first-order chi connectivity index (χ1) is 13.0. The van der Waals surface area contributed by atoms with Gasteiger partial charge in [0.2, 0.25) is 5.91 Å². The maximum Gasteiger partial charge on any atom is 0.407 e. The van der Waals surface area contributed by atoms with Gasteiger partial charge in [-0.1, -0.05) is 31.2 Å². The van der Waals surface area contributed by atoms with Crippen LogP contribution in [0, 0.1) is 5.92 Å². The van der Waals surface area contributed by atoms with E-state index in [9.17, 15) is 19.5 Å². The van der Waals surface area contributed by atoms with Gasteiger partial charge in [0, 0.05) is 20.1 Å². The molecule has 3 atom stereocenters. The molecule has 1 aromatic carbocycles. The van der Waals surface area contributed by atoms with Crippen molar-refractivity contribution < 1.29 is 29.0 Å². The molecule has 1 aromatic rings. The molecule has 0 aromatic heterocycles. The fourth-order valence-electron chi connectivity index (χ4n) is 3.20. The van der Waals surface area contributed by atoms with E-state index in [1.54, 1.807) is 39.8 Å². The van der Waals surface area contributed by atoms with E-state index in [-0.39, 0.29) is 6.54 Å². The number of alkyl carbamates (subject to hydrolysis) is 1. The van der Waals surface area contributed by atoms with Crippen LogP contribution in [0.4, 0.5) is 4.79 Å². The number of methoxy groups -OCH3 is 1. The lowest BCUT2D eigenvalue weighted by molar-refractivity contribution is -0.167. The lowest BCUT2D eigenvalue weighted by atomic mass is 9.90. The van der Waals surface area contributed by atoms with E-state index in [4.69, 9.17) is 9.47 Å². The lowest BCUT2D eigenvalue weighted by Gasteiger charge is -2.41. The summed E-state index contributed by atoms with van der Waals surface area (Å²) in [6.07, 6.45) is -0.935. The summed E-state index contributed by atoms with van der Waals surface area (Å²) >= 11 is 0. The number of hydrogen-bond donors (Lipinski definition) is 2. The molecule has 0 fully saturated rings. The summed E-state index contributed by atoms with van der Waals surface area (Å²) in [5.41, 5.74) is 0.762. The number of carboxylic acid groups (broad SMARTS) is 1. The van der Waals surface area contributed by atoms with Gasteiger partial charge in [0.05, 0.1) is 5.92 Å². The smallest absolute Gasteiger partial charge is 0.407 e. The van der Waals surface area contributed by atoms with E-state index in [1.165, 1.54) is 12.0 Å². The summed E-state index contributed by atoms with van der Waals surface area (Å²) < 4.78 is 10.6. The Kier molecular flexibility index (Phi) is 6.66. The Hall–Kier alpha value is -2.61. The summed E-state index contributed by atoms with van der Waals surface area (Å²) in [5.74, 6) is -2.20. The maximum absolute atomic E-state index is 13.1. The highest BCUT2D eigenvalue weighted by Crippen LogP contribution is 2.34. The van der Waals surface area contributed by atoms with Crippen molar-refractivity contribution in [1.29, 1.82) is 0 Å². The summed E-state index contributed by atoms with van der Waals surface area (Å²) in [5, 5.41) is 12.4. The van der Waals surface area contributed by atoms with E-state index in [1.807, 2.05) is 12.1 Å². The first kappa shape index (κ1) is 21.7. The molecule has 1 heterocycles. The van der Waals surface area contributed by atoms with Crippen molar-refractivity contribution in [2.75, 3.05) is 13.7 Å². The zero-order chi connectivity index (χ0) is 21.1. The second-order valence-electron chi connectivity index (χ2n) is 7.86. The Morgan fingerprint density at radius 2 is 1.93 bits per heavy atom. The highest BCUT2D eigenvalue weighted by molar-refractivity contribution is 5.87. The van der Waals surface area contributed by atoms with Crippen molar-refractivity contribution in [2.45, 2.75) is 52.0 Å². The second-order valence-corrected chi connectivity index (χ2v) is 7.86. The van der Waals surface area contributed by atoms with Gasteiger partial charge >= 0.3 is 12.1 Å². The Morgan fingerprint density at radius 3 is 2.50 bits per heavy atom. The molecular formula is C20H28N2O6. The normalized spacial score (nSPS) is 20.1. The number of carboxylic acids is 1. The second kappa shape index (κ2) is 8.60. The molecule has 0 radical (unpaired) electrons. The lowest BCUT2D eigenvalue weighted by Crippen LogP contribution is -2.53. The Morgan fingerprint density at radius 1 is 1.29 bits per heavy atom. The van der Waals surface area contributed by atoms with E-state index in [2.05, 4.69) is 5.32 Å². The fourth-order valence-corrected chi connectivity index (χ4v) is 3.20. The minimum Gasteiger partial charge on any atom is -0.479 e. The molecule has 154 valence electrons. The molecule has 0 saturated carbocycles. The molecule has 1 aliphatic heterocycles. The third-order valence-electron chi connectivity index (χ3n) is 4.47. The predicted octanol–water partition coefficient (Wildman–Crippen LogP) is 2.33. The van der Waals surface area contributed by atoms with Crippen molar-refractivity contribution in [3.8, 4) is 0 Å². The molecule has 2 amide bonds. The topological polar surface area (TPSA) is 105 Å². The number of hydrogen-bond acceptors (Lipinski definition) is 5. The summed E-state index contributed by atoms with van der Waals surface area (Å²) in [4.78, 5) is 38.2. The molecule has 2 unspecified atom stereocenters. The number of nitrogens with one attached hydrogen (secondary N) is 1. The van der Waals surface area contributed by atoms with Gasteiger partial charge in [-0.2, -0.15) is 0 Å². The zero-order valence-electron chi connectivity index (χ0n) is 16.9. The van der Waals surface area contributed by atoms with Crippen LogP contribution < -0.4 is 5.32 Å². The number of carbonyl (C=O) groups excluding carboxylic acids is 2. The van der Waals surface area contributed by atoms with Crippen molar-refractivity contribution in [3.05, 3.63) is 35.4 Å². The fraction of sp³-hybridized carbons (Fsp3) is 0.550. The van der Waals surface area contributed by atoms with Gasteiger partial charge in [-0.3, -0.25) is 9.69 Å². The van der Waals surface area contributed by atoms with Gasteiger partial charge in [0.1, 0.15) is 11.8 Å². The molecule has 28 heavy (non-hydrogen) atoms. The SMILES string of the molecule is CO[C@H]1Cc2ccccc2C(C(=O)O)N1C(=O)C(C)CNC(=O)OC(C)(C)C. The Bertz CT molecular complexity index is 742. The third kappa shape index (κ3) is 5.01. The number of aliphatic carboxylic acids is 1. The van der Waals surface area contributed by atoms with Crippen LogP contribution in [0.15, 0.2) is 24.3 Å². The Balaban J connectivity index is 2.19. The summed E-state index contributed by atoms with van der Waals surface area (Å²) in [6, 6.07) is 5.98. The van der Waals surface area contributed by atoms with Crippen LogP contribution in [0.25, 0.3) is 0 Å². The van der Waals surface area contributed by atoms with Crippen molar-refractivity contribution in [3.63, 3.8) is 0 Å². The molecule has 2 N–H and O–H groups in total. The molecule has 8 heteroatoms. The minimum absolute atomic E-state index is 0.0225. The van der Waals surface area contributed by atoms with Gasteiger partial charge in [-0.15, -0.1) is 0 Å². The number of ether oxygens (including phenoxy) is 2. The average molecular weight is 392 g/mol. The monoisotopic (exact) mass is 392 g/mol. The van der Waals surface area contributed by atoms with Gasteiger partial charge < -0.3 is 19.9 Å². The Labute approximate surface area is 164 Å². The highest BCUT2D eigenvalue weighted by Gasteiger charge is 2.42. The van der Waals surface area contributed by atoms with E-state index in [0.29, 0.717) is 12.0 Å². The number of rotatable bonds is 5. The van der Waals surface area contributed by atoms with Gasteiger partial charge in [-0.25, -0.2) is 9.59 Å². The molecule has 0 saturated heterocycles. The van der Waals surface area contributed by atoms with Crippen molar-refractivity contribution in [1.82, 2.24) is 10.2 Å². The number of fused-ring (bicyclic) bond motifs is 1. The number of carbonyl (C=O) groups is 3. The van der Waals surface area contributed by atoms with E-state index in [0.717, 1.165) is 5.56 Å². The number of benzene rings is 1. The minimum atomic E-state index is -1.15. The molecule has 0 bridgehead atoms. The molecular weight excluding hydrogens is 364 g/mol. The first-order valence-corrected chi connectivity index (χ1v) is 9.17. The largest absolute Gasteiger partial charge is 0.479 e. The van der Waals surface area contributed by atoms with Gasteiger partial charge in [-0.05, 0) is 31.9 Å². The van der Waals surface area contributed by atoms with Crippen LogP contribution in [-0.4, -0.2) is 53.5 Å². The van der Waals surface area contributed by atoms with Crippen LogP contribution >= 0.6 is 0 Å². The van der Waals surface area contributed by atoms with Gasteiger partial charge in [0.15, 0.2) is 6.04 Å². The zero-order valence-corrected chi connectivity index (χ0v) is 16.9. The summed E-state index contributed by atoms with van der Waals surface area (Å²) in [7, 11) is 1.45. The van der Waals surface area contributed by atoms with Crippen LogP contribution in [-0.2, 0) is 25.5 Å². The molecule has 1 aliphatic rings. The third-order valence-corrected chi connectivity index (χ3v) is 4.47.